The Morgan fingerprint density at radius 3 is 2.70 bits per heavy atom. The van der Waals surface area contributed by atoms with Gasteiger partial charge in [-0.15, -0.1) is 0 Å². The van der Waals surface area contributed by atoms with Crippen molar-refractivity contribution in [3.8, 4) is 0 Å². The van der Waals surface area contributed by atoms with Crippen molar-refractivity contribution in [3.05, 3.63) is 0 Å². The van der Waals surface area contributed by atoms with Crippen molar-refractivity contribution < 1.29 is 14.9 Å². The van der Waals surface area contributed by atoms with E-state index in [1.165, 1.54) is 0 Å². The summed E-state index contributed by atoms with van der Waals surface area (Å²) in [6, 6.07) is 0. The third kappa shape index (κ3) is 2.25. The largest absolute Gasteiger partial charge is 0.390 e. The molecular weight excluding hydrogens is 132 g/mol. The van der Waals surface area contributed by atoms with Gasteiger partial charge in [0.15, 0.2) is 6.29 Å². The first-order valence-corrected chi connectivity index (χ1v) is 3.75. The Bertz CT molecular complexity index is 105. The van der Waals surface area contributed by atoms with E-state index in [0.717, 1.165) is 6.42 Å². The number of rotatable bonds is 4. The minimum Gasteiger partial charge on any atom is -0.390 e. The van der Waals surface area contributed by atoms with Crippen LogP contribution in [0.25, 0.3) is 0 Å². The summed E-state index contributed by atoms with van der Waals surface area (Å²) in [4.78, 5) is 0. The zero-order valence-electron chi connectivity index (χ0n) is 6.16. The Morgan fingerprint density at radius 2 is 2.30 bits per heavy atom. The van der Waals surface area contributed by atoms with Gasteiger partial charge in [-0.05, 0) is 6.42 Å². The maximum atomic E-state index is 9.04. The smallest absolute Gasteiger partial charge is 0.155 e. The van der Waals surface area contributed by atoms with Crippen LogP contribution in [0.15, 0.2) is 0 Å². The van der Waals surface area contributed by atoms with E-state index in [2.05, 4.69) is 0 Å². The Kier molecular flexibility index (Phi) is 2.65. The lowest BCUT2D eigenvalue weighted by atomic mass is 10.3. The van der Waals surface area contributed by atoms with Crippen molar-refractivity contribution in [2.45, 2.75) is 44.7 Å². The fourth-order valence-corrected chi connectivity index (χ4v) is 0.822. The Balaban J connectivity index is 2.01. The van der Waals surface area contributed by atoms with Crippen LogP contribution in [0.5, 0.6) is 0 Å². The predicted molar refractivity (Wildman–Crippen MR) is 36.4 cm³/mol. The molecule has 1 saturated carbocycles. The highest BCUT2D eigenvalue weighted by atomic mass is 16.6. The summed E-state index contributed by atoms with van der Waals surface area (Å²) in [5.41, 5.74) is 0. The highest BCUT2D eigenvalue weighted by Gasteiger charge is 2.37. The second-order valence-corrected chi connectivity index (χ2v) is 2.72. The average molecular weight is 146 g/mol. The summed E-state index contributed by atoms with van der Waals surface area (Å²) in [5, 5.41) is 17.9. The van der Waals surface area contributed by atoms with Crippen LogP contribution in [0.4, 0.5) is 0 Å². The molecule has 0 amide bonds. The molecule has 0 bridgehead atoms. The van der Waals surface area contributed by atoms with E-state index in [1.54, 1.807) is 0 Å². The van der Waals surface area contributed by atoms with E-state index in [1.807, 2.05) is 6.92 Å². The van der Waals surface area contributed by atoms with Crippen LogP contribution in [-0.4, -0.2) is 28.7 Å². The first kappa shape index (κ1) is 7.98. The van der Waals surface area contributed by atoms with Gasteiger partial charge in [0.1, 0.15) is 0 Å². The summed E-state index contributed by atoms with van der Waals surface area (Å²) < 4.78 is 5.02. The van der Waals surface area contributed by atoms with Gasteiger partial charge in [0.2, 0.25) is 0 Å². The molecule has 1 rings (SSSR count). The molecule has 1 aliphatic rings. The molecule has 0 aromatic carbocycles. The molecule has 3 unspecified atom stereocenters. The maximum Gasteiger partial charge on any atom is 0.155 e. The summed E-state index contributed by atoms with van der Waals surface area (Å²) in [6.45, 7) is 1.98. The molecule has 1 fully saturated rings. The standard InChI is InChI=1S/C7H14O3/c1-2-3-7(9)10-6-4-5(6)8/h5-9H,2-4H2,1H3. The van der Waals surface area contributed by atoms with Crippen molar-refractivity contribution in [2.24, 2.45) is 0 Å². The lowest BCUT2D eigenvalue weighted by Crippen LogP contribution is -2.14. The molecule has 0 radical (unpaired) electrons. The fourth-order valence-electron chi connectivity index (χ4n) is 0.822. The quantitative estimate of drug-likeness (QED) is 0.559. The highest BCUT2D eigenvalue weighted by molar-refractivity contribution is 4.87. The minimum atomic E-state index is -0.674. The van der Waals surface area contributed by atoms with Crippen LogP contribution in [-0.2, 0) is 4.74 Å². The molecule has 1 aliphatic carbocycles. The number of ether oxygens (including phenoxy) is 1. The number of aliphatic hydroxyl groups is 2. The normalized spacial score (nSPS) is 33.9. The number of hydrogen-bond acceptors (Lipinski definition) is 3. The van der Waals surface area contributed by atoms with Gasteiger partial charge in [-0.2, -0.15) is 0 Å². The average Bonchev–Trinajstić information content (AvgIpc) is 2.47. The highest BCUT2D eigenvalue weighted by Crippen LogP contribution is 2.26. The van der Waals surface area contributed by atoms with Crippen LogP contribution in [0.2, 0.25) is 0 Å². The van der Waals surface area contributed by atoms with Crippen molar-refractivity contribution in [1.82, 2.24) is 0 Å². The second-order valence-electron chi connectivity index (χ2n) is 2.72. The van der Waals surface area contributed by atoms with Gasteiger partial charge in [-0.1, -0.05) is 13.3 Å². The van der Waals surface area contributed by atoms with Gasteiger partial charge in [0.25, 0.3) is 0 Å². The lowest BCUT2D eigenvalue weighted by Gasteiger charge is -2.08. The summed E-state index contributed by atoms with van der Waals surface area (Å²) in [6.07, 6.45) is 1.15. The molecule has 60 valence electrons. The third-order valence-electron chi connectivity index (χ3n) is 1.57. The molecule has 3 heteroatoms. The molecule has 0 saturated heterocycles. The third-order valence-corrected chi connectivity index (χ3v) is 1.57. The summed E-state index contributed by atoms with van der Waals surface area (Å²) in [5.74, 6) is 0. The van der Waals surface area contributed by atoms with Gasteiger partial charge in [-0.25, -0.2) is 0 Å². The van der Waals surface area contributed by atoms with Gasteiger partial charge in [0.05, 0.1) is 12.2 Å². The van der Waals surface area contributed by atoms with Crippen LogP contribution in [0, 0.1) is 0 Å². The molecule has 0 aromatic heterocycles. The topological polar surface area (TPSA) is 49.7 Å². The minimum absolute atomic E-state index is 0.0958. The van der Waals surface area contributed by atoms with Gasteiger partial charge in [0, 0.05) is 6.42 Å². The Labute approximate surface area is 60.6 Å². The molecule has 10 heavy (non-hydrogen) atoms. The van der Waals surface area contributed by atoms with Crippen molar-refractivity contribution in [1.29, 1.82) is 0 Å². The SMILES string of the molecule is CCCC(O)OC1CC1O. The summed E-state index contributed by atoms with van der Waals surface area (Å²) >= 11 is 0. The van der Waals surface area contributed by atoms with Crippen molar-refractivity contribution in [3.63, 3.8) is 0 Å². The van der Waals surface area contributed by atoms with Crippen LogP contribution < -0.4 is 0 Å². The number of aliphatic hydroxyl groups excluding tert-OH is 2. The second kappa shape index (κ2) is 3.32. The first-order chi connectivity index (χ1) is 4.74. The van der Waals surface area contributed by atoms with Gasteiger partial charge in [-0.3, -0.25) is 0 Å². The fraction of sp³-hybridized carbons (Fsp3) is 1.00. The van der Waals surface area contributed by atoms with Crippen LogP contribution in [0.3, 0.4) is 0 Å². The lowest BCUT2D eigenvalue weighted by molar-refractivity contribution is -0.119. The van der Waals surface area contributed by atoms with Crippen molar-refractivity contribution >= 4 is 0 Å². The maximum absolute atomic E-state index is 9.04. The molecule has 0 aliphatic heterocycles. The van der Waals surface area contributed by atoms with Crippen molar-refractivity contribution in [2.75, 3.05) is 0 Å². The summed E-state index contributed by atoms with van der Waals surface area (Å²) in [7, 11) is 0. The van der Waals surface area contributed by atoms with Gasteiger partial charge < -0.3 is 14.9 Å². The molecule has 0 aromatic rings. The van der Waals surface area contributed by atoms with Crippen LogP contribution >= 0.6 is 0 Å². The molecular formula is C7H14O3. The molecule has 3 atom stereocenters. The molecule has 0 spiro atoms. The predicted octanol–water partition coefficient (Wildman–Crippen LogP) is 0.255. The first-order valence-electron chi connectivity index (χ1n) is 3.75. The molecule has 3 nitrogen and oxygen atoms in total. The van der Waals surface area contributed by atoms with E-state index in [9.17, 15) is 0 Å². The van der Waals surface area contributed by atoms with E-state index in [-0.39, 0.29) is 12.2 Å². The van der Waals surface area contributed by atoms with E-state index < -0.39 is 6.29 Å². The van der Waals surface area contributed by atoms with E-state index >= 15 is 0 Å². The number of hydrogen-bond donors (Lipinski definition) is 2. The van der Waals surface area contributed by atoms with Crippen LogP contribution in [0.1, 0.15) is 26.2 Å². The molecule has 0 heterocycles. The molecule has 2 N–H and O–H groups in total. The monoisotopic (exact) mass is 146 g/mol. The Morgan fingerprint density at radius 1 is 1.70 bits per heavy atom. The van der Waals surface area contributed by atoms with E-state index in [0.29, 0.717) is 12.8 Å². The van der Waals surface area contributed by atoms with E-state index in [4.69, 9.17) is 14.9 Å². The zero-order chi connectivity index (χ0) is 7.56. The zero-order valence-corrected chi connectivity index (χ0v) is 6.16. The Hall–Kier alpha value is -0.120. The van der Waals surface area contributed by atoms with Gasteiger partial charge >= 0.3 is 0 Å².